The van der Waals surface area contributed by atoms with Crippen LogP contribution in [-0.2, 0) is 0 Å². The standard InChI is InChI=1S/C14H19N3O/c1-10-7-12(16)5-6-17(10)14-8-13(18-2)4-3-11(14)9-15/h3-4,8,10,12H,5-7,16H2,1-2H3. The smallest absolute Gasteiger partial charge is 0.121 e. The summed E-state index contributed by atoms with van der Waals surface area (Å²) in [6.45, 7) is 3.05. The van der Waals surface area contributed by atoms with Gasteiger partial charge in [0.2, 0.25) is 0 Å². The van der Waals surface area contributed by atoms with E-state index in [1.807, 2.05) is 18.2 Å². The van der Waals surface area contributed by atoms with Crippen LogP contribution in [-0.4, -0.2) is 25.7 Å². The van der Waals surface area contributed by atoms with Crippen LogP contribution in [0.1, 0.15) is 25.3 Å². The van der Waals surface area contributed by atoms with Crippen molar-refractivity contribution in [1.29, 1.82) is 5.26 Å². The molecule has 96 valence electrons. The van der Waals surface area contributed by atoms with E-state index in [2.05, 4.69) is 17.9 Å². The van der Waals surface area contributed by atoms with Crippen molar-refractivity contribution in [3.63, 3.8) is 0 Å². The number of nitriles is 1. The topological polar surface area (TPSA) is 62.3 Å². The molecule has 2 unspecified atom stereocenters. The highest BCUT2D eigenvalue weighted by Gasteiger charge is 2.25. The van der Waals surface area contributed by atoms with Crippen molar-refractivity contribution in [1.82, 2.24) is 0 Å². The molecule has 0 aliphatic carbocycles. The lowest BCUT2D eigenvalue weighted by Gasteiger charge is -2.38. The molecule has 0 aromatic heterocycles. The van der Waals surface area contributed by atoms with Gasteiger partial charge in [-0.05, 0) is 31.9 Å². The Bertz CT molecular complexity index is 467. The van der Waals surface area contributed by atoms with Gasteiger partial charge in [0, 0.05) is 24.7 Å². The van der Waals surface area contributed by atoms with Crippen LogP contribution < -0.4 is 15.4 Å². The van der Waals surface area contributed by atoms with E-state index in [9.17, 15) is 5.26 Å². The molecule has 4 heteroatoms. The van der Waals surface area contributed by atoms with Crippen molar-refractivity contribution in [3.05, 3.63) is 23.8 Å². The fourth-order valence-corrected chi connectivity index (χ4v) is 2.54. The van der Waals surface area contributed by atoms with Gasteiger partial charge in [-0.3, -0.25) is 0 Å². The zero-order valence-corrected chi connectivity index (χ0v) is 10.9. The van der Waals surface area contributed by atoms with Crippen LogP contribution in [0.2, 0.25) is 0 Å². The molecule has 0 bridgehead atoms. The van der Waals surface area contributed by atoms with Gasteiger partial charge >= 0.3 is 0 Å². The number of nitrogens with two attached hydrogens (primary N) is 1. The number of rotatable bonds is 2. The quantitative estimate of drug-likeness (QED) is 0.864. The number of ether oxygens (including phenoxy) is 1. The third-order valence-electron chi connectivity index (χ3n) is 3.55. The van der Waals surface area contributed by atoms with Gasteiger partial charge in [-0.2, -0.15) is 5.26 Å². The van der Waals surface area contributed by atoms with Crippen LogP contribution in [0.4, 0.5) is 5.69 Å². The third kappa shape index (κ3) is 2.41. The lowest BCUT2D eigenvalue weighted by Crippen LogP contribution is -2.45. The van der Waals surface area contributed by atoms with Crippen LogP contribution in [0.15, 0.2) is 18.2 Å². The van der Waals surface area contributed by atoms with Crippen LogP contribution in [0, 0.1) is 11.3 Å². The fraction of sp³-hybridized carbons (Fsp3) is 0.500. The molecule has 2 rings (SSSR count). The molecular formula is C14H19N3O. The average molecular weight is 245 g/mol. The van der Waals surface area contributed by atoms with Crippen molar-refractivity contribution < 1.29 is 4.74 Å². The molecule has 4 nitrogen and oxygen atoms in total. The van der Waals surface area contributed by atoms with E-state index in [-0.39, 0.29) is 6.04 Å². The van der Waals surface area contributed by atoms with Crippen LogP contribution in [0.25, 0.3) is 0 Å². The minimum Gasteiger partial charge on any atom is -0.497 e. The number of hydrogen-bond donors (Lipinski definition) is 1. The maximum absolute atomic E-state index is 9.21. The Balaban J connectivity index is 2.34. The number of benzene rings is 1. The Hall–Kier alpha value is -1.73. The predicted molar refractivity (Wildman–Crippen MR) is 71.7 cm³/mol. The fourth-order valence-electron chi connectivity index (χ4n) is 2.54. The van der Waals surface area contributed by atoms with Gasteiger partial charge in [0.05, 0.1) is 18.4 Å². The van der Waals surface area contributed by atoms with E-state index >= 15 is 0 Å². The lowest BCUT2D eigenvalue weighted by atomic mass is 9.97. The largest absolute Gasteiger partial charge is 0.497 e. The summed E-state index contributed by atoms with van der Waals surface area (Å²) >= 11 is 0. The zero-order valence-electron chi connectivity index (χ0n) is 10.9. The minimum atomic E-state index is 0.271. The summed E-state index contributed by atoms with van der Waals surface area (Å²) in [4.78, 5) is 2.25. The first kappa shape index (κ1) is 12.7. The van der Waals surface area contributed by atoms with Crippen molar-refractivity contribution in [2.45, 2.75) is 31.8 Å². The molecule has 1 aliphatic heterocycles. The number of hydrogen-bond acceptors (Lipinski definition) is 4. The first-order valence-electron chi connectivity index (χ1n) is 6.26. The molecular weight excluding hydrogens is 226 g/mol. The second kappa shape index (κ2) is 5.28. The molecule has 0 amide bonds. The Morgan fingerprint density at radius 2 is 2.28 bits per heavy atom. The maximum atomic E-state index is 9.21. The van der Waals surface area contributed by atoms with E-state index in [1.165, 1.54) is 0 Å². The predicted octanol–water partition coefficient (Wildman–Crippen LogP) is 1.88. The first-order chi connectivity index (χ1) is 8.65. The van der Waals surface area contributed by atoms with Crippen LogP contribution in [0.5, 0.6) is 5.75 Å². The molecule has 0 radical (unpaired) electrons. The Labute approximate surface area is 108 Å². The third-order valence-corrected chi connectivity index (χ3v) is 3.55. The normalized spacial score (nSPS) is 23.6. The molecule has 1 heterocycles. The first-order valence-corrected chi connectivity index (χ1v) is 6.26. The Morgan fingerprint density at radius 1 is 1.50 bits per heavy atom. The molecule has 1 aliphatic rings. The summed E-state index contributed by atoms with van der Waals surface area (Å²) in [7, 11) is 1.64. The highest BCUT2D eigenvalue weighted by atomic mass is 16.5. The Kier molecular flexibility index (Phi) is 3.73. The van der Waals surface area contributed by atoms with Crippen molar-refractivity contribution in [2.75, 3.05) is 18.6 Å². The molecule has 1 fully saturated rings. The van der Waals surface area contributed by atoms with Gasteiger partial charge in [0.15, 0.2) is 0 Å². The second-order valence-corrected chi connectivity index (χ2v) is 4.82. The number of methoxy groups -OCH3 is 1. The summed E-state index contributed by atoms with van der Waals surface area (Å²) in [5, 5.41) is 9.21. The lowest BCUT2D eigenvalue weighted by molar-refractivity contribution is 0.411. The Morgan fingerprint density at radius 3 is 2.89 bits per heavy atom. The maximum Gasteiger partial charge on any atom is 0.121 e. The SMILES string of the molecule is COc1ccc(C#N)c(N2CCC(N)CC2C)c1. The van der Waals surface area contributed by atoms with Gasteiger partial charge < -0.3 is 15.4 Å². The van der Waals surface area contributed by atoms with E-state index in [4.69, 9.17) is 10.5 Å². The monoisotopic (exact) mass is 245 g/mol. The van der Waals surface area contributed by atoms with E-state index < -0.39 is 0 Å². The highest BCUT2D eigenvalue weighted by Crippen LogP contribution is 2.30. The number of piperidine rings is 1. The summed E-state index contributed by atoms with van der Waals surface area (Å²) in [5.41, 5.74) is 7.62. The molecule has 1 saturated heterocycles. The summed E-state index contributed by atoms with van der Waals surface area (Å²) in [6.07, 6.45) is 1.93. The summed E-state index contributed by atoms with van der Waals surface area (Å²) in [6, 6.07) is 8.45. The van der Waals surface area contributed by atoms with Crippen molar-refractivity contribution in [3.8, 4) is 11.8 Å². The van der Waals surface area contributed by atoms with Gasteiger partial charge in [-0.15, -0.1) is 0 Å². The summed E-state index contributed by atoms with van der Waals surface area (Å²) in [5.74, 6) is 0.783. The molecule has 0 saturated carbocycles. The zero-order chi connectivity index (χ0) is 13.1. The minimum absolute atomic E-state index is 0.271. The summed E-state index contributed by atoms with van der Waals surface area (Å²) < 4.78 is 5.24. The average Bonchev–Trinajstić information content (AvgIpc) is 2.38. The number of anilines is 1. The van der Waals surface area contributed by atoms with Crippen LogP contribution >= 0.6 is 0 Å². The van der Waals surface area contributed by atoms with Crippen molar-refractivity contribution in [2.24, 2.45) is 5.73 Å². The molecule has 18 heavy (non-hydrogen) atoms. The molecule has 0 spiro atoms. The molecule has 2 N–H and O–H groups in total. The van der Waals surface area contributed by atoms with E-state index in [0.717, 1.165) is 30.8 Å². The van der Waals surface area contributed by atoms with Gasteiger partial charge in [0.25, 0.3) is 0 Å². The molecule has 1 aromatic rings. The highest BCUT2D eigenvalue weighted by molar-refractivity contribution is 5.63. The van der Waals surface area contributed by atoms with Crippen LogP contribution in [0.3, 0.4) is 0 Å². The second-order valence-electron chi connectivity index (χ2n) is 4.82. The van der Waals surface area contributed by atoms with E-state index in [1.54, 1.807) is 7.11 Å². The van der Waals surface area contributed by atoms with E-state index in [0.29, 0.717) is 11.6 Å². The van der Waals surface area contributed by atoms with Gasteiger partial charge in [0.1, 0.15) is 11.8 Å². The number of nitrogens with zero attached hydrogens (tertiary/aromatic N) is 2. The van der Waals surface area contributed by atoms with Crippen molar-refractivity contribution >= 4 is 5.69 Å². The molecule has 1 aromatic carbocycles. The molecule has 2 atom stereocenters. The van der Waals surface area contributed by atoms with Gasteiger partial charge in [-0.25, -0.2) is 0 Å². The van der Waals surface area contributed by atoms with Gasteiger partial charge in [-0.1, -0.05) is 0 Å².